The number of nitrogens with one attached hydrogen (secondary N) is 2. The Labute approximate surface area is 109 Å². The summed E-state index contributed by atoms with van der Waals surface area (Å²) >= 11 is 0. The smallest absolute Gasteiger partial charge is 0.252 e. The first-order valence-electron chi connectivity index (χ1n) is 6.44. The fourth-order valence-corrected chi connectivity index (χ4v) is 2.69. The maximum absolute atomic E-state index is 12.7. The Morgan fingerprint density at radius 1 is 1.58 bits per heavy atom. The van der Waals surface area contributed by atoms with Gasteiger partial charge in [0.05, 0.1) is 18.2 Å². The molecule has 1 aromatic rings. The van der Waals surface area contributed by atoms with Gasteiger partial charge >= 0.3 is 0 Å². The van der Waals surface area contributed by atoms with Crippen molar-refractivity contribution in [2.24, 2.45) is 0 Å². The Morgan fingerprint density at radius 3 is 3.11 bits per heavy atom. The van der Waals surface area contributed by atoms with E-state index in [1.807, 2.05) is 10.7 Å². The molecule has 1 saturated carbocycles. The Kier molecular flexibility index (Phi) is 3.00. The molecule has 1 aromatic heterocycles. The normalized spacial score (nSPS) is 25.5. The van der Waals surface area contributed by atoms with E-state index in [0.717, 1.165) is 12.2 Å². The van der Waals surface area contributed by atoms with Crippen LogP contribution in [0, 0.1) is 0 Å². The van der Waals surface area contributed by atoms with Crippen molar-refractivity contribution in [2.45, 2.75) is 43.8 Å². The van der Waals surface area contributed by atoms with Crippen molar-refractivity contribution in [2.75, 3.05) is 6.54 Å². The molecule has 0 saturated heterocycles. The van der Waals surface area contributed by atoms with Crippen LogP contribution in [-0.4, -0.2) is 34.2 Å². The number of halogens is 2. The van der Waals surface area contributed by atoms with Crippen molar-refractivity contribution in [3.05, 3.63) is 18.0 Å². The Bertz CT molecular complexity index is 480. The Hall–Kier alpha value is -1.50. The highest BCUT2D eigenvalue weighted by molar-refractivity contribution is 5.77. The number of rotatable bonds is 3. The van der Waals surface area contributed by atoms with Gasteiger partial charge in [-0.2, -0.15) is 5.10 Å². The predicted octanol–water partition coefficient (Wildman–Crippen LogP) is 0.831. The van der Waals surface area contributed by atoms with Gasteiger partial charge in [-0.05, 0) is 6.07 Å². The van der Waals surface area contributed by atoms with Gasteiger partial charge in [-0.1, -0.05) is 0 Å². The number of aromatic nitrogens is 2. The van der Waals surface area contributed by atoms with E-state index in [1.165, 1.54) is 0 Å². The molecule has 1 aliphatic heterocycles. The van der Waals surface area contributed by atoms with Crippen LogP contribution in [0.3, 0.4) is 0 Å². The molecule has 2 heterocycles. The quantitative estimate of drug-likeness (QED) is 0.855. The SMILES string of the molecule is O=C(CC1CNCc2ccnn21)NC1CC(F)(F)C1. The molecule has 5 nitrogen and oxygen atoms in total. The fourth-order valence-electron chi connectivity index (χ4n) is 2.69. The highest BCUT2D eigenvalue weighted by Gasteiger charge is 2.46. The molecule has 104 valence electrons. The molecule has 1 unspecified atom stereocenters. The molecule has 19 heavy (non-hydrogen) atoms. The fraction of sp³-hybridized carbons (Fsp3) is 0.667. The summed E-state index contributed by atoms with van der Waals surface area (Å²) in [7, 11) is 0. The minimum absolute atomic E-state index is 0.0423. The third-order valence-corrected chi connectivity index (χ3v) is 3.66. The molecule has 1 aliphatic carbocycles. The molecule has 2 aliphatic rings. The number of nitrogens with zero attached hydrogens (tertiary/aromatic N) is 2. The lowest BCUT2D eigenvalue weighted by Gasteiger charge is -2.35. The molecule has 2 N–H and O–H groups in total. The minimum Gasteiger partial charge on any atom is -0.353 e. The second-order valence-electron chi connectivity index (χ2n) is 5.28. The highest BCUT2D eigenvalue weighted by atomic mass is 19.3. The summed E-state index contributed by atoms with van der Waals surface area (Å²) in [6, 6.07) is 1.49. The van der Waals surface area contributed by atoms with Crippen LogP contribution in [0.4, 0.5) is 8.78 Å². The second kappa shape index (κ2) is 4.56. The largest absolute Gasteiger partial charge is 0.353 e. The van der Waals surface area contributed by atoms with Crippen LogP contribution in [0.5, 0.6) is 0 Å². The number of hydrogen-bond acceptors (Lipinski definition) is 3. The molecule has 0 bridgehead atoms. The van der Waals surface area contributed by atoms with Gasteiger partial charge in [0, 0.05) is 38.2 Å². The monoisotopic (exact) mass is 270 g/mol. The zero-order valence-electron chi connectivity index (χ0n) is 10.4. The van der Waals surface area contributed by atoms with Crippen LogP contribution in [0.2, 0.25) is 0 Å². The zero-order valence-corrected chi connectivity index (χ0v) is 10.4. The van der Waals surface area contributed by atoms with Gasteiger partial charge in [0.25, 0.3) is 5.92 Å². The van der Waals surface area contributed by atoms with Gasteiger partial charge in [0.15, 0.2) is 0 Å². The first-order valence-corrected chi connectivity index (χ1v) is 6.44. The van der Waals surface area contributed by atoms with E-state index in [1.54, 1.807) is 6.20 Å². The lowest BCUT2D eigenvalue weighted by molar-refractivity contribution is -0.130. The number of amides is 1. The van der Waals surface area contributed by atoms with Crippen molar-refractivity contribution in [1.82, 2.24) is 20.4 Å². The molecule has 7 heteroatoms. The van der Waals surface area contributed by atoms with Gasteiger partial charge in [-0.25, -0.2) is 8.78 Å². The van der Waals surface area contributed by atoms with Crippen LogP contribution >= 0.6 is 0 Å². The summed E-state index contributed by atoms with van der Waals surface area (Å²) in [5.74, 6) is -2.78. The van der Waals surface area contributed by atoms with Gasteiger partial charge in [-0.15, -0.1) is 0 Å². The number of hydrogen-bond donors (Lipinski definition) is 2. The average Bonchev–Trinajstić information content (AvgIpc) is 2.75. The molecular weight excluding hydrogens is 254 g/mol. The summed E-state index contributed by atoms with van der Waals surface area (Å²) in [6.07, 6.45) is 1.49. The van der Waals surface area contributed by atoms with E-state index in [9.17, 15) is 13.6 Å². The minimum atomic E-state index is -2.60. The molecule has 1 amide bonds. The van der Waals surface area contributed by atoms with Crippen LogP contribution in [0.25, 0.3) is 0 Å². The van der Waals surface area contributed by atoms with E-state index in [4.69, 9.17) is 0 Å². The second-order valence-corrected chi connectivity index (χ2v) is 5.28. The van der Waals surface area contributed by atoms with Crippen LogP contribution in [0.15, 0.2) is 12.3 Å². The molecule has 3 rings (SSSR count). The van der Waals surface area contributed by atoms with E-state index in [-0.39, 0.29) is 37.3 Å². The summed E-state index contributed by atoms with van der Waals surface area (Å²) in [5, 5.41) is 10.1. The summed E-state index contributed by atoms with van der Waals surface area (Å²) in [5.41, 5.74) is 1.04. The van der Waals surface area contributed by atoms with Crippen molar-refractivity contribution < 1.29 is 13.6 Å². The zero-order chi connectivity index (χ0) is 13.5. The van der Waals surface area contributed by atoms with E-state index >= 15 is 0 Å². The maximum atomic E-state index is 12.7. The summed E-state index contributed by atoms with van der Waals surface area (Å²) in [6.45, 7) is 1.41. The number of carbonyl (C=O) groups excluding carboxylic acids is 1. The molecule has 0 radical (unpaired) electrons. The van der Waals surface area contributed by atoms with Gasteiger partial charge in [0.1, 0.15) is 0 Å². The van der Waals surface area contributed by atoms with Crippen molar-refractivity contribution in [3.8, 4) is 0 Å². The lowest BCUT2D eigenvalue weighted by atomic mass is 9.88. The molecule has 1 fully saturated rings. The van der Waals surface area contributed by atoms with Crippen LogP contribution in [0.1, 0.15) is 31.0 Å². The number of carbonyl (C=O) groups is 1. The topological polar surface area (TPSA) is 59.0 Å². The van der Waals surface area contributed by atoms with E-state index < -0.39 is 5.92 Å². The third kappa shape index (κ3) is 2.60. The Balaban J connectivity index is 1.54. The van der Waals surface area contributed by atoms with Gasteiger partial charge in [0.2, 0.25) is 5.91 Å². The first-order chi connectivity index (χ1) is 9.03. The molecule has 0 spiro atoms. The predicted molar refractivity (Wildman–Crippen MR) is 63.7 cm³/mol. The highest BCUT2D eigenvalue weighted by Crippen LogP contribution is 2.37. The van der Waals surface area contributed by atoms with Crippen molar-refractivity contribution >= 4 is 5.91 Å². The molecule has 0 aromatic carbocycles. The number of fused-ring (bicyclic) bond motifs is 1. The van der Waals surface area contributed by atoms with Gasteiger partial charge in [-0.3, -0.25) is 9.48 Å². The van der Waals surface area contributed by atoms with Crippen molar-refractivity contribution in [3.63, 3.8) is 0 Å². The van der Waals surface area contributed by atoms with E-state index in [2.05, 4.69) is 15.7 Å². The average molecular weight is 270 g/mol. The van der Waals surface area contributed by atoms with E-state index in [0.29, 0.717) is 6.54 Å². The van der Waals surface area contributed by atoms with Crippen LogP contribution < -0.4 is 10.6 Å². The molecular formula is C12H16F2N4O. The summed E-state index contributed by atoms with van der Waals surface area (Å²) in [4.78, 5) is 11.8. The lowest BCUT2D eigenvalue weighted by Crippen LogP contribution is -2.51. The summed E-state index contributed by atoms with van der Waals surface area (Å²) < 4.78 is 27.2. The standard InChI is InChI=1S/C12H16F2N4O/c13-12(14)4-8(5-12)17-11(19)3-10-7-15-6-9-1-2-16-18(9)10/h1-2,8,10,15H,3-7H2,(H,17,19). The third-order valence-electron chi connectivity index (χ3n) is 3.66. The maximum Gasteiger partial charge on any atom is 0.252 e. The first kappa shape index (κ1) is 12.5. The van der Waals surface area contributed by atoms with Crippen molar-refractivity contribution in [1.29, 1.82) is 0 Å². The molecule has 1 atom stereocenters. The number of alkyl halides is 2. The Morgan fingerprint density at radius 2 is 2.37 bits per heavy atom. The van der Waals surface area contributed by atoms with Gasteiger partial charge < -0.3 is 10.6 Å². The van der Waals surface area contributed by atoms with Crippen LogP contribution in [-0.2, 0) is 11.3 Å².